The van der Waals surface area contributed by atoms with Gasteiger partial charge >= 0.3 is 5.97 Å². The maximum atomic E-state index is 12.2. The number of benzene rings is 2. The number of esters is 1. The molecule has 30 heavy (non-hydrogen) atoms. The van der Waals surface area contributed by atoms with Crippen molar-refractivity contribution in [2.75, 3.05) is 18.5 Å². The Morgan fingerprint density at radius 1 is 0.967 bits per heavy atom. The predicted molar refractivity (Wildman–Crippen MR) is 116 cm³/mol. The quantitative estimate of drug-likeness (QED) is 0.394. The molecule has 6 heteroatoms. The highest BCUT2D eigenvalue weighted by Gasteiger charge is 2.21. The van der Waals surface area contributed by atoms with Crippen molar-refractivity contribution in [1.82, 2.24) is 0 Å². The summed E-state index contributed by atoms with van der Waals surface area (Å²) in [4.78, 5) is 36.1. The fourth-order valence-electron chi connectivity index (χ4n) is 2.33. The van der Waals surface area contributed by atoms with Gasteiger partial charge in [0.2, 0.25) is 5.91 Å². The Labute approximate surface area is 176 Å². The van der Waals surface area contributed by atoms with Crippen molar-refractivity contribution in [3.05, 3.63) is 65.7 Å². The molecule has 0 saturated carbocycles. The van der Waals surface area contributed by atoms with Gasteiger partial charge in [-0.2, -0.15) is 0 Å². The smallest absolute Gasteiger partial charge is 0.331 e. The summed E-state index contributed by atoms with van der Waals surface area (Å²) >= 11 is 0. The van der Waals surface area contributed by atoms with E-state index in [0.717, 1.165) is 11.3 Å². The van der Waals surface area contributed by atoms with Gasteiger partial charge in [-0.25, -0.2) is 4.79 Å². The third kappa shape index (κ3) is 7.20. The van der Waals surface area contributed by atoms with Crippen LogP contribution in [0.2, 0.25) is 0 Å². The van der Waals surface area contributed by atoms with Crippen molar-refractivity contribution in [3.63, 3.8) is 0 Å². The summed E-state index contributed by atoms with van der Waals surface area (Å²) in [6, 6.07) is 13.7. The summed E-state index contributed by atoms with van der Waals surface area (Å²) in [5.41, 5.74) is 1.30. The third-order valence-corrected chi connectivity index (χ3v) is 4.09. The molecule has 0 spiro atoms. The molecule has 2 rings (SSSR count). The minimum Gasteiger partial charge on any atom is -0.494 e. The number of nitrogens with one attached hydrogen (secondary N) is 1. The second kappa shape index (κ2) is 10.4. The van der Waals surface area contributed by atoms with Gasteiger partial charge in [0.05, 0.1) is 6.61 Å². The molecule has 0 saturated heterocycles. The van der Waals surface area contributed by atoms with E-state index in [1.165, 1.54) is 6.08 Å². The Bertz CT molecular complexity index is 906. The Balaban J connectivity index is 1.84. The molecule has 158 valence electrons. The number of carbonyl (C=O) groups is 3. The van der Waals surface area contributed by atoms with Crippen LogP contribution >= 0.6 is 0 Å². The van der Waals surface area contributed by atoms with Gasteiger partial charge in [0.25, 0.3) is 0 Å². The second-order valence-corrected chi connectivity index (χ2v) is 7.65. The molecule has 0 aromatic heterocycles. The van der Waals surface area contributed by atoms with Crippen molar-refractivity contribution in [1.29, 1.82) is 0 Å². The largest absolute Gasteiger partial charge is 0.494 e. The maximum Gasteiger partial charge on any atom is 0.331 e. The molecule has 0 unspecified atom stereocenters. The summed E-state index contributed by atoms with van der Waals surface area (Å²) in [5, 5.41) is 2.79. The molecule has 0 aliphatic rings. The average molecular weight is 409 g/mol. The Kier molecular flexibility index (Phi) is 7.92. The van der Waals surface area contributed by atoms with Gasteiger partial charge in [0.1, 0.15) is 5.75 Å². The van der Waals surface area contributed by atoms with Gasteiger partial charge in [-0.3, -0.25) is 9.59 Å². The van der Waals surface area contributed by atoms with Gasteiger partial charge in [-0.1, -0.05) is 32.9 Å². The summed E-state index contributed by atoms with van der Waals surface area (Å²) < 4.78 is 10.4. The maximum absolute atomic E-state index is 12.2. The lowest BCUT2D eigenvalue weighted by molar-refractivity contribution is -0.136. The minimum atomic E-state index is -0.605. The van der Waals surface area contributed by atoms with Crippen LogP contribution in [-0.2, 0) is 14.3 Å². The molecule has 6 nitrogen and oxygen atoms in total. The van der Waals surface area contributed by atoms with Crippen molar-refractivity contribution in [2.45, 2.75) is 27.7 Å². The van der Waals surface area contributed by atoms with Crippen molar-refractivity contribution >= 4 is 29.4 Å². The number of amides is 1. The molecule has 0 fully saturated rings. The van der Waals surface area contributed by atoms with Crippen LogP contribution in [0.25, 0.3) is 6.08 Å². The molecule has 1 amide bonds. The average Bonchev–Trinajstić information content (AvgIpc) is 2.71. The molecule has 0 aliphatic heterocycles. The molecule has 2 aromatic carbocycles. The molecular weight excluding hydrogens is 382 g/mol. The van der Waals surface area contributed by atoms with Crippen LogP contribution in [-0.4, -0.2) is 30.9 Å². The molecule has 2 aromatic rings. The number of ether oxygens (including phenoxy) is 2. The number of anilines is 1. The molecule has 0 heterocycles. The highest BCUT2D eigenvalue weighted by atomic mass is 16.5. The van der Waals surface area contributed by atoms with E-state index in [1.54, 1.807) is 30.3 Å². The Morgan fingerprint density at radius 2 is 1.60 bits per heavy atom. The zero-order chi connectivity index (χ0) is 22.1. The predicted octanol–water partition coefficient (Wildman–Crippen LogP) is 4.51. The summed E-state index contributed by atoms with van der Waals surface area (Å²) in [7, 11) is 0. The van der Waals surface area contributed by atoms with E-state index in [4.69, 9.17) is 9.47 Å². The van der Waals surface area contributed by atoms with Gasteiger partial charge in [0, 0.05) is 22.7 Å². The normalized spacial score (nSPS) is 11.2. The van der Waals surface area contributed by atoms with Gasteiger partial charge in [-0.15, -0.1) is 0 Å². The van der Waals surface area contributed by atoms with Crippen LogP contribution in [0, 0.1) is 5.41 Å². The van der Waals surface area contributed by atoms with Gasteiger partial charge in [-0.05, 0) is 55.0 Å². The van der Waals surface area contributed by atoms with E-state index in [2.05, 4.69) is 5.32 Å². The highest BCUT2D eigenvalue weighted by Crippen LogP contribution is 2.18. The number of hydrogen-bond donors (Lipinski definition) is 1. The van der Waals surface area contributed by atoms with Crippen LogP contribution in [0.15, 0.2) is 54.6 Å². The SMILES string of the molecule is CCOc1ccc(/C=C/C(=O)OCC(=O)c2ccc(NC(=O)C(C)(C)C)cc2)cc1. The van der Waals surface area contributed by atoms with Crippen molar-refractivity contribution < 1.29 is 23.9 Å². The van der Waals surface area contributed by atoms with Crippen LogP contribution in [0.4, 0.5) is 5.69 Å². The van der Waals surface area contributed by atoms with E-state index >= 15 is 0 Å². The van der Waals surface area contributed by atoms with Crippen LogP contribution < -0.4 is 10.1 Å². The lowest BCUT2D eigenvalue weighted by Crippen LogP contribution is -2.27. The van der Waals surface area contributed by atoms with Crippen LogP contribution in [0.1, 0.15) is 43.6 Å². The number of rotatable bonds is 8. The van der Waals surface area contributed by atoms with Crippen LogP contribution in [0.3, 0.4) is 0 Å². The number of carbonyl (C=O) groups excluding carboxylic acids is 3. The molecule has 1 N–H and O–H groups in total. The third-order valence-electron chi connectivity index (χ3n) is 4.09. The van der Waals surface area contributed by atoms with Crippen molar-refractivity contribution in [2.24, 2.45) is 5.41 Å². The number of hydrogen-bond acceptors (Lipinski definition) is 5. The topological polar surface area (TPSA) is 81.7 Å². The fraction of sp³-hybridized carbons (Fsp3) is 0.292. The minimum absolute atomic E-state index is 0.116. The first-order valence-corrected chi connectivity index (χ1v) is 9.71. The molecule has 0 radical (unpaired) electrons. The Morgan fingerprint density at radius 3 is 2.17 bits per heavy atom. The lowest BCUT2D eigenvalue weighted by Gasteiger charge is -2.17. The Hall–Kier alpha value is -3.41. The molecule has 0 aliphatic carbocycles. The van der Waals surface area contributed by atoms with E-state index in [-0.39, 0.29) is 18.3 Å². The zero-order valence-corrected chi connectivity index (χ0v) is 17.7. The summed E-state index contributed by atoms with van der Waals surface area (Å²) in [5.74, 6) is -0.292. The van der Waals surface area contributed by atoms with Gasteiger partial charge in [0.15, 0.2) is 12.4 Å². The summed E-state index contributed by atoms with van der Waals surface area (Å²) in [6.45, 7) is 7.59. The molecule has 0 atom stereocenters. The monoisotopic (exact) mass is 409 g/mol. The lowest BCUT2D eigenvalue weighted by atomic mass is 9.95. The van der Waals surface area contributed by atoms with E-state index in [9.17, 15) is 14.4 Å². The first-order valence-electron chi connectivity index (χ1n) is 9.71. The molecular formula is C24H27NO5. The number of Topliss-reactive ketones (excluding diaryl/α,β-unsaturated/α-hetero) is 1. The second-order valence-electron chi connectivity index (χ2n) is 7.65. The van der Waals surface area contributed by atoms with E-state index in [0.29, 0.717) is 17.9 Å². The van der Waals surface area contributed by atoms with E-state index in [1.807, 2.05) is 52.0 Å². The number of ketones is 1. The van der Waals surface area contributed by atoms with Gasteiger partial charge < -0.3 is 14.8 Å². The highest BCUT2D eigenvalue weighted by molar-refractivity contribution is 6.00. The summed E-state index contributed by atoms with van der Waals surface area (Å²) in [6.07, 6.45) is 2.88. The molecule has 0 bridgehead atoms. The van der Waals surface area contributed by atoms with E-state index < -0.39 is 11.4 Å². The first-order chi connectivity index (χ1) is 14.2. The zero-order valence-electron chi connectivity index (χ0n) is 17.7. The standard InChI is InChI=1S/C24H27NO5/c1-5-29-20-13-6-17(7-14-20)8-15-22(27)30-16-21(26)18-9-11-19(12-10-18)25-23(28)24(2,3)4/h6-15H,5,16H2,1-4H3,(H,25,28)/b15-8+. The van der Waals surface area contributed by atoms with Crippen LogP contribution in [0.5, 0.6) is 5.75 Å². The fourth-order valence-corrected chi connectivity index (χ4v) is 2.33. The first kappa shape index (κ1) is 22.9. The van der Waals surface area contributed by atoms with Crippen molar-refractivity contribution in [3.8, 4) is 5.75 Å².